The van der Waals surface area contributed by atoms with Crippen LogP contribution in [-0.4, -0.2) is 126 Å². The maximum absolute atomic E-state index is 12.3. The molecule has 0 aromatic rings. The third-order valence-electron chi connectivity index (χ3n) is 19.2. The Labute approximate surface area is 598 Å². The molecule has 2 N–H and O–H groups in total. The number of likely N-dealkylation sites (N-methyl/N-ethyl adjacent to an activating group) is 1. The van der Waals surface area contributed by atoms with Crippen molar-refractivity contribution in [2.75, 3.05) is 92.4 Å². The highest BCUT2D eigenvalue weighted by atomic mass is 16.5. The zero-order valence-electron chi connectivity index (χ0n) is 65.5. The number of rotatable bonds is 80. The quantitative estimate of drug-likeness (QED) is 0.0341. The Morgan fingerprint density at radius 3 is 0.594 bits per heavy atom. The van der Waals surface area contributed by atoms with Gasteiger partial charge in [-0.15, -0.1) is 0 Å². The fourth-order valence-corrected chi connectivity index (χ4v) is 12.8. The van der Waals surface area contributed by atoms with E-state index in [1.54, 1.807) is 0 Å². The summed E-state index contributed by atoms with van der Waals surface area (Å²) in [6.07, 6.45) is 74.9. The summed E-state index contributed by atoms with van der Waals surface area (Å²) >= 11 is 0. The normalized spacial score (nSPS) is 11.4. The predicted molar refractivity (Wildman–Crippen MR) is 414 cm³/mol. The van der Waals surface area contributed by atoms with Gasteiger partial charge in [-0.25, -0.2) is 0 Å². The molecule has 0 amide bonds. The fourth-order valence-electron chi connectivity index (χ4n) is 12.8. The highest BCUT2D eigenvalue weighted by Gasteiger charge is 2.13. The number of nitrogens with one attached hydrogen (secondary N) is 2. The molecule has 12 heteroatoms. The predicted octanol–water partition coefficient (Wildman–Crippen LogP) is 23.5. The van der Waals surface area contributed by atoms with Crippen molar-refractivity contribution in [1.29, 1.82) is 0 Å². The van der Waals surface area contributed by atoms with Crippen molar-refractivity contribution in [2.45, 2.75) is 426 Å². The minimum atomic E-state index is -0.0748. The molecule has 96 heavy (non-hydrogen) atoms. The smallest absolute Gasteiger partial charge is 0.305 e. The summed E-state index contributed by atoms with van der Waals surface area (Å²) in [7, 11) is 1.96. The molecule has 0 heterocycles. The number of hydrogen-bond acceptors (Lipinski definition) is 12. The minimum Gasteiger partial charge on any atom is -0.466 e. The Kier molecular flexibility index (Phi) is 84.9. The average molecular weight is 1360 g/mol. The maximum Gasteiger partial charge on any atom is 0.305 e. The topological polar surface area (TPSA) is 136 Å². The minimum absolute atomic E-state index is 0.0697. The Hall–Kier alpha value is -2.28. The van der Waals surface area contributed by atoms with E-state index in [0.29, 0.717) is 52.1 Å². The van der Waals surface area contributed by atoms with Crippen LogP contribution in [0.2, 0.25) is 0 Å². The molecule has 0 spiro atoms. The van der Waals surface area contributed by atoms with Gasteiger partial charge < -0.3 is 39.4 Å². The lowest BCUT2D eigenvalue weighted by molar-refractivity contribution is -0.145. The first-order chi connectivity index (χ1) is 47.3. The van der Waals surface area contributed by atoms with Crippen LogP contribution in [0.3, 0.4) is 0 Å². The van der Waals surface area contributed by atoms with E-state index in [4.69, 9.17) is 18.9 Å². The average Bonchev–Trinajstić information content (AvgIpc) is 3.60. The summed E-state index contributed by atoms with van der Waals surface area (Å²) in [5, 5.41) is 6.69. The van der Waals surface area contributed by atoms with E-state index in [-0.39, 0.29) is 23.9 Å². The number of ether oxygens (including phenoxy) is 4. The monoisotopic (exact) mass is 1360 g/mol. The molecule has 0 aromatic carbocycles. The van der Waals surface area contributed by atoms with Crippen molar-refractivity contribution in [3.05, 3.63) is 0 Å². The van der Waals surface area contributed by atoms with Gasteiger partial charge in [0.15, 0.2) is 0 Å². The van der Waals surface area contributed by atoms with Crippen LogP contribution in [0.1, 0.15) is 426 Å². The van der Waals surface area contributed by atoms with Crippen molar-refractivity contribution in [3.8, 4) is 0 Å². The molecule has 0 unspecified atom stereocenters. The summed E-state index contributed by atoms with van der Waals surface area (Å²) in [6, 6.07) is 0. The fraction of sp³-hybridized carbons (Fsp3) is 0.952. The van der Waals surface area contributed by atoms with Gasteiger partial charge in [0, 0.05) is 51.9 Å². The first-order valence-electron chi connectivity index (χ1n) is 42.7. The van der Waals surface area contributed by atoms with Gasteiger partial charge in [-0.1, -0.05) is 343 Å². The van der Waals surface area contributed by atoms with E-state index >= 15 is 0 Å². The van der Waals surface area contributed by atoms with Gasteiger partial charge in [0.2, 0.25) is 0 Å². The maximum atomic E-state index is 12.3. The second kappa shape index (κ2) is 85.1. The third kappa shape index (κ3) is 82.4. The lowest BCUT2D eigenvalue weighted by Gasteiger charge is -2.22. The molecule has 0 aliphatic rings. The van der Waals surface area contributed by atoms with Crippen LogP contribution >= 0.6 is 0 Å². The highest BCUT2D eigenvalue weighted by Crippen LogP contribution is 2.18. The van der Waals surface area contributed by atoms with Crippen molar-refractivity contribution in [2.24, 2.45) is 0 Å². The van der Waals surface area contributed by atoms with E-state index in [2.05, 4.69) is 55.1 Å². The molecule has 0 aliphatic heterocycles. The van der Waals surface area contributed by atoms with E-state index in [1.807, 2.05) is 7.05 Å². The van der Waals surface area contributed by atoms with Gasteiger partial charge in [-0.05, 0) is 97.6 Å². The molecule has 0 rings (SSSR count). The molecule has 12 nitrogen and oxygen atoms in total. The molecule has 0 aromatic heterocycles. The van der Waals surface area contributed by atoms with E-state index < -0.39 is 0 Å². The Morgan fingerprint density at radius 2 is 0.406 bits per heavy atom. The van der Waals surface area contributed by atoms with Crippen LogP contribution in [-0.2, 0) is 38.1 Å². The molecule has 572 valence electrons. The van der Waals surface area contributed by atoms with E-state index in [1.165, 1.54) is 283 Å². The van der Waals surface area contributed by atoms with Crippen LogP contribution in [0, 0.1) is 0 Å². The van der Waals surface area contributed by atoms with Gasteiger partial charge in [0.25, 0.3) is 0 Å². The molecule has 0 saturated carbocycles. The molecular weight excluding hydrogens is 1190 g/mol. The van der Waals surface area contributed by atoms with Gasteiger partial charge in [0.1, 0.15) is 0 Å². The highest BCUT2D eigenvalue weighted by molar-refractivity contribution is 5.70. The van der Waals surface area contributed by atoms with Crippen LogP contribution in [0.4, 0.5) is 0 Å². The van der Waals surface area contributed by atoms with Crippen molar-refractivity contribution >= 4 is 23.9 Å². The number of unbranched alkanes of at least 4 members (excludes halogenated alkanes) is 48. The van der Waals surface area contributed by atoms with Crippen molar-refractivity contribution < 1.29 is 38.1 Å². The molecule has 0 radical (unpaired) electrons. The number of carbonyl (C=O) groups excluding carboxylic acids is 4. The van der Waals surface area contributed by atoms with Crippen LogP contribution in [0.15, 0.2) is 0 Å². The summed E-state index contributed by atoms with van der Waals surface area (Å²) in [6.45, 7) is 21.6. The van der Waals surface area contributed by atoms with Crippen molar-refractivity contribution in [1.82, 2.24) is 20.4 Å². The summed E-state index contributed by atoms with van der Waals surface area (Å²) in [4.78, 5) is 53.8. The molecule has 0 saturated heterocycles. The lowest BCUT2D eigenvalue weighted by Crippen LogP contribution is -2.34. The second-order valence-electron chi connectivity index (χ2n) is 28.8. The first-order valence-corrected chi connectivity index (χ1v) is 42.7. The number of carbonyl (C=O) groups is 4. The molecular formula is C84H168N4O8. The summed E-state index contributed by atoms with van der Waals surface area (Å²) < 4.78 is 22.0. The Balaban J connectivity index is 0. The number of nitrogens with zero attached hydrogens (tertiary/aromatic N) is 2. The lowest BCUT2D eigenvalue weighted by atomic mass is 10.0. The molecule has 0 fully saturated rings. The van der Waals surface area contributed by atoms with Crippen LogP contribution in [0.5, 0.6) is 0 Å². The van der Waals surface area contributed by atoms with Gasteiger partial charge in [0.05, 0.1) is 26.4 Å². The van der Waals surface area contributed by atoms with Gasteiger partial charge in [-0.3, -0.25) is 19.2 Å². The SMILES string of the molecule is CCCCCCCCCCCCCCCOC(=O)CCCN(CCCC(=O)OCCCCCCCCCCCCCCC)CCNC.CCCCCCCCCCCCCCCOC(=O)CCCN(CCCC(=O)OCCCCCCCCCCCCCCC)CCNCCC. The van der Waals surface area contributed by atoms with E-state index in [9.17, 15) is 19.2 Å². The number of hydrogen-bond donors (Lipinski definition) is 2. The van der Waals surface area contributed by atoms with Gasteiger partial charge in [-0.2, -0.15) is 0 Å². The summed E-state index contributed by atoms with van der Waals surface area (Å²) in [5.41, 5.74) is 0. The Morgan fingerprint density at radius 1 is 0.219 bits per heavy atom. The Bertz CT molecular complexity index is 1440. The first kappa shape index (κ1) is 95.8. The zero-order chi connectivity index (χ0) is 70.0. The summed E-state index contributed by atoms with van der Waals surface area (Å²) in [5.74, 6) is -0.289. The van der Waals surface area contributed by atoms with Gasteiger partial charge >= 0.3 is 23.9 Å². The third-order valence-corrected chi connectivity index (χ3v) is 19.2. The standard InChI is InChI=1S/C43H86N2O4.C41H82N2O4/c1-4-7-9-11-13-15-17-19-21-23-25-27-29-40-48-42(46)33-31-37-45(39-36-44-35-6-3)38-32-34-43(47)49-41-30-28-26-24-22-20-18-16-14-12-10-8-5-2;1-4-6-8-10-12-14-16-18-20-22-24-26-28-38-46-40(44)32-30-35-43(37-34-42-3)36-31-33-41(45)47-39-29-27-25-23-21-19-17-15-13-11-9-7-5-2/h44H,4-41H2,1-3H3;42H,4-39H2,1-3H3. The zero-order valence-corrected chi connectivity index (χ0v) is 65.5. The molecule has 0 bridgehead atoms. The van der Waals surface area contributed by atoms with E-state index in [0.717, 1.165) is 142 Å². The van der Waals surface area contributed by atoms with Crippen molar-refractivity contribution in [3.63, 3.8) is 0 Å². The van der Waals surface area contributed by atoms with Crippen LogP contribution < -0.4 is 10.6 Å². The molecule has 0 aliphatic carbocycles. The molecule has 0 atom stereocenters. The number of esters is 4. The second-order valence-corrected chi connectivity index (χ2v) is 28.8. The van der Waals surface area contributed by atoms with Crippen LogP contribution in [0.25, 0.3) is 0 Å². The largest absolute Gasteiger partial charge is 0.466 e.